The molecule has 0 atom stereocenters. The summed E-state index contributed by atoms with van der Waals surface area (Å²) in [4.78, 5) is 59.5. The van der Waals surface area contributed by atoms with E-state index >= 15 is 0 Å². The molecule has 0 spiro atoms. The molecule has 10 nitrogen and oxygen atoms in total. The normalized spacial score (nSPS) is 9.83. The highest BCUT2D eigenvalue weighted by atomic mass is 16.5. The summed E-state index contributed by atoms with van der Waals surface area (Å²) in [5.41, 5.74) is 0.403. The summed E-state index contributed by atoms with van der Waals surface area (Å²) in [6.07, 6.45) is 0. The SMILES string of the molecule is COC(=O)c1ccc(NC(=O)C(=O)Nc2cc(C(=O)OC)ccc2C(=O)OC)cc1. The highest BCUT2D eigenvalue weighted by Gasteiger charge is 2.21. The van der Waals surface area contributed by atoms with Crippen molar-refractivity contribution in [1.82, 2.24) is 0 Å². The second-order valence-corrected chi connectivity index (χ2v) is 5.72. The number of benzene rings is 2. The van der Waals surface area contributed by atoms with Gasteiger partial charge in [0.15, 0.2) is 0 Å². The van der Waals surface area contributed by atoms with Crippen LogP contribution in [0.4, 0.5) is 11.4 Å². The van der Waals surface area contributed by atoms with Crippen molar-refractivity contribution in [3.63, 3.8) is 0 Å². The van der Waals surface area contributed by atoms with Gasteiger partial charge in [-0.3, -0.25) is 9.59 Å². The van der Waals surface area contributed by atoms with Crippen LogP contribution in [0.25, 0.3) is 0 Å². The van der Waals surface area contributed by atoms with Gasteiger partial charge in [0.05, 0.1) is 43.7 Å². The molecule has 2 aromatic carbocycles. The lowest BCUT2D eigenvalue weighted by Gasteiger charge is -2.11. The van der Waals surface area contributed by atoms with Crippen LogP contribution in [0.5, 0.6) is 0 Å². The van der Waals surface area contributed by atoms with Gasteiger partial charge in [0.1, 0.15) is 0 Å². The minimum Gasteiger partial charge on any atom is -0.465 e. The molecule has 0 fully saturated rings. The van der Waals surface area contributed by atoms with E-state index in [0.717, 1.165) is 7.11 Å². The van der Waals surface area contributed by atoms with Crippen LogP contribution in [-0.4, -0.2) is 51.1 Å². The Balaban J connectivity index is 2.19. The zero-order chi connectivity index (χ0) is 22.3. The Kier molecular flexibility index (Phi) is 7.23. The van der Waals surface area contributed by atoms with Crippen molar-refractivity contribution in [1.29, 1.82) is 0 Å². The summed E-state index contributed by atoms with van der Waals surface area (Å²) in [5.74, 6) is -4.16. The Labute approximate surface area is 171 Å². The molecular formula is C20H18N2O8. The van der Waals surface area contributed by atoms with Gasteiger partial charge in [0.2, 0.25) is 0 Å². The topological polar surface area (TPSA) is 137 Å². The van der Waals surface area contributed by atoms with Crippen molar-refractivity contribution in [2.24, 2.45) is 0 Å². The molecule has 2 aromatic rings. The van der Waals surface area contributed by atoms with Crippen LogP contribution in [-0.2, 0) is 23.8 Å². The summed E-state index contributed by atoms with van der Waals surface area (Å²) in [6, 6.07) is 9.41. The van der Waals surface area contributed by atoms with Crippen LogP contribution < -0.4 is 10.6 Å². The van der Waals surface area contributed by atoms with E-state index in [4.69, 9.17) is 0 Å². The fraction of sp³-hybridized carbons (Fsp3) is 0.150. The number of esters is 3. The summed E-state index contributed by atoms with van der Waals surface area (Å²) in [6.45, 7) is 0. The zero-order valence-corrected chi connectivity index (χ0v) is 16.3. The van der Waals surface area contributed by atoms with E-state index in [2.05, 4.69) is 24.8 Å². The van der Waals surface area contributed by atoms with Crippen molar-refractivity contribution >= 4 is 41.1 Å². The highest BCUT2D eigenvalue weighted by molar-refractivity contribution is 6.44. The minimum atomic E-state index is -1.10. The summed E-state index contributed by atoms with van der Waals surface area (Å²) >= 11 is 0. The predicted molar refractivity (Wildman–Crippen MR) is 104 cm³/mol. The Morgan fingerprint density at radius 1 is 0.633 bits per heavy atom. The van der Waals surface area contributed by atoms with Gasteiger partial charge >= 0.3 is 29.7 Å². The van der Waals surface area contributed by atoms with E-state index in [1.165, 1.54) is 56.7 Å². The number of hydrogen-bond donors (Lipinski definition) is 2. The molecule has 0 radical (unpaired) electrons. The molecule has 0 heterocycles. The first-order valence-electron chi connectivity index (χ1n) is 8.42. The Hall–Kier alpha value is -4.21. The van der Waals surface area contributed by atoms with E-state index in [0.29, 0.717) is 0 Å². The van der Waals surface area contributed by atoms with E-state index in [-0.39, 0.29) is 28.1 Å². The Bertz CT molecular complexity index is 998. The fourth-order valence-electron chi connectivity index (χ4n) is 2.35. The predicted octanol–water partition coefficient (Wildman–Crippen LogP) is 1.62. The lowest BCUT2D eigenvalue weighted by Crippen LogP contribution is -2.30. The largest absolute Gasteiger partial charge is 0.465 e. The molecule has 156 valence electrons. The smallest absolute Gasteiger partial charge is 0.339 e. The van der Waals surface area contributed by atoms with Gasteiger partial charge in [-0.2, -0.15) is 0 Å². The molecule has 0 saturated heterocycles. The van der Waals surface area contributed by atoms with Gasteiger partial charge in [0.25, 0.3) is 0 Å². The first kappa shape index (κ1) is 22.1. The molecule has 10 heteroatoms. The van der Waals surface area contributed by atoms with Crippen LogP contribution in [0.15, 0.2) is 42.5 Å². The number of carbonyl (C=O) groups excluding carboxylic acids is 5. The van der Waals surface area contributed by atoms with Gasteiger partial charge in [0, 0.05) is 5.69 Å². The van der Waals surface area contributed by atoms with Gasteiger partial charge < -0.3 is 24.8 Å². The molecule has 0 bridgehead atoms. The van der Waals surface area contributed by atoms with Crippen molar-refractivity contribution in [3.8, 4) is 0 Å². The third-order valence-electron chi connectivity index (χ3n) is 3.86. The van der Waals surface area contributed by atoms with Crippen LogP contribution in [0.3, 0.4) is 0 Å². The summed E-state index contributed by atoms with van der Waals surface area (Å²) < 4.78 is 13.8. The molecular weight excluding hydrogens is 396 g/mol. The van der Waals surface area contributed by atoms with Crippen LogP contribution >= 0.6 is 0 Å². The molecule has 0 saturated carbocycles. The minimum absolute atomic E-state index is 0.0549. The van der Waals surface area contributed by atoms with Crippen LogP contribution in [0, 0.1) is 0 Å². The Morgan fingerprint density at radius 3 is 1.70 bits per heavy atom. The molecule has 0 aliphatic carbocycles. The zero-order valence-electron chi connectivity index (χ0n) is 16.3. The molecule has 30 heavy (non-hydrogen) atoms. The third-order valence-corrected chi connectivity index (χ3v) is 3.86. The lowest BCUT2D eigenvalue weighted by atomic mass is 10.1. The van der Waals surface area contributed by atoms with E-state index in [1.54, 1.807) is 0 Å². The quantitative estimate of drug-likeness (QED) is 0.428. The van der Waals surface area contributed by atoms with E-state index in [9.17, 15) is 24.0 Å². The van der Waals surface area contributed by atoms with Crippen LogP contribution in [0.1, 0.15) is 31.1 Å². The average molecular weight is 414 g/mol. The van der Waals surface area contributed by atoms with E-state index in [1.807, 2.05) is 0 Å². The number of rotatable bonds is 5. The monoisotopic (exact) mass is 414 g/mol. The summed E-state index contributed by atoms with van der Waals surface area (Å²) in [7, 11) is 3.56. The fourth-order valence-corrected chi connectivity index (χ4v) is 2.35. The average Bonchev–Trinajstić information content (AvgIpc) is 2.77. The third kappa shape index (κ3) is 5.19. The molecule has 0 aliphatic rings. The first-order valence-corrected chi connectivity index (χ1v) is 8.42. The van der Waals surface area contributed by atoms with Gasteiger partial charge in [-0.1, -0.05) is 0 Å². The van der Waals surface area contributed by atoms with Crippen molar-refractivity contribution in [3.05, 3.63) is 59.2 Å². The first-order chi connectivity index (χ1) is 14.3. The van der Waals surface area contributed by atoms with Crippen molar-refractivity contribution in [2.75, 3.05) is 32.0 Å². The number of anilines is 2. The second-order valence-electron chi connectivity index (χ2n) is 5.72. The van der Waals surface area contributed by atoms with Crippen molar-refractivity contribution in [2.45, 2.75) is 0 Å². The summed E-state index contributed by atoms with van der Waals surface area (Å²) in [5, 5.41) is 4.62. The molecule has 0 aliphatic heterocycles. The number of nitrogens with one attached hydrogen (secondary N) is 2. The van der Waals surface area contributed by atoms with Gasteiger partial charge in [-0.05, 0) is 42.5 Å². The maximum absolute atomic E-state index is 12.3. The maximum Gasteiger partial charge on any atom is 0.339 e. The number of amides is 2. The number of ether oxygens (including phenoxy) is 3. The van der Waals surface area contributed by atoms with E-state index < -0.39 is 29.7 Å². The van der Waals surface area contributed by atoms with Gasteiger partial charge in [-0.25, -0.2) is 14.4 Å². The molecule has 0 aromatic heterocycles. The number of methoxy groups -OCH3 is 3. The molecule has 2 amide bonds. The Morgan fingerprint density at radius 2 is 1.13 bits per heavy atom. The highest BCUT2D eigenvalue weighted by Crippen LogP contribution is 2.20. The lowest BCUT2D eigenvalue weighted by molar-refractivity contribution is -0.133. The standard InChI is InChI=1S/C20H18N2O8/c1-28-18(25)11-4-7-13(8-5-11)21-16(23)17(24)22-15-10-12(19(26)29-2)6-9-14(15)20(27)30-3/h4-10H,1-3H3,(H,21,23)(H,22,24). The van der Waals surface area contributed by atoms with Crippen LogP contribution in [0.2, 0.25) is 0 Å². The number of carbonyl (C=O) groups is 5. The maximum atomic E-state index is 12.3. The second kappa shape index (κ2) is 9.82. The number of hydrogen-bond acceptors (Lipinski definition) is 8. The molecule has 0 unspecified atom stereocenters. The van der Waals surface area contributed by atoms with Gasteiger partial charge in [-0.15, -0.1) is 0 Å². The molecule has 2 rings (SSSR count). The molecule has 2 N–H and O–H groups in total. The van der Waals surface area contributed by atoms with Crippen molar-refractivity contribution < 1.29 is 38.2 Å².